The molecule has 3 N–H and O–H groups in total. The van der Waals surface area contributed by atoms with Gasteiger partial charge in [0.05, 0.1) is 29.8 Å². The predicted molar refractivity (Wildman–Crippen MR) is 175 cm³/mol. The third-order valence-electron chi connectivity index (χ3n) is 10.2. The molecule has 3 aliphatic rings. The van der Waals surface area contributed by atoms with E-state index >= 15 is 0 Å². The first-order valence-electron chi connectivity index (χ1n) is 17.4. The van der Waals surface area contributed by atoms with Gasteiger partial charge >= 0.3 is 0 Å². The molecule has 12 nitrogen and oxygen atoms in total. The van der Waals surface area contributed by atoms with Crippen molar-refractivity contribution in [2.24, 2.45) is 17.8 Å². The van der Waals surface area contributed by atoms with E-state index in [1.54, 1.807) is 30.7 Å². The summed E-state index contributed by atoms with van der Waals surface area (Å²) in [6.07, 6.45) is 0.315. The normalized spacial score (nSPS) is 38.5. The fraction of sp³-hybridized carbons (Fsp3) is 0.912. The first kappa shape index (κ1) is 38.6. The van der Waals surface area contributed by atoms with E-state index in [0.29, 0.717) is 51.9 Å². The molecule has 266 valence electrons. The number of ether oxygens (including phenoxy) is 3. The zero-order chi connectivity index (χ0) is 34.3. The topological polar surface area (TPSA) is 141 Å². The van der Waals surface area contributed by atoms with E-state index in [0.717, 1.165) is 12.8 Å². The lowest BCUT2D eigenvalue weighted by Gasteiger charge is -2.48. The lowest BCUT2D eigenvalue weighted by Crippen LogP contribution is -2.60. The number of carbonyl (C=O) groups is 3. The van der Waals surface area contributed by atoms with Crippen molar-refractivity contribution in [3.8, 4) is 0 Å². The first-order chi connectivity index (χ1) is 21.6. The summed E-state index contributed by atoms with van der Waals surface area (Å²) < 4.78 is 19.6. The monoisotopic (exact) mass is 654 g/mol. The molecule has 0 bridgehead atoms. The van der Waals surface area contributed by atoms with Crippen molar-refractivity contribution in [3.05, 3.63) is 0 Å². The van der Waals surface area contributed by atoms with Gasteiger partial charge in [0.25, 0.3) is 0 Å². The molecule has 3 rings (SSSR count). The van der Waals surface area contributed by atoms with Crippen molar-refractivity contribution in [2.45, 2.75) is 135 Å². The molecular formula is C34H62N4O8. The number of hydrogen-bond acceptors (Lipinski definition) is 9. The van der Waals surface area contributed by atoms with Crippen LogP contribution in [0.25, 0.3) is 0 Å². The van der Waals surface area contributed by atoms with Gasteiger partial charge in [0.2, 0.25) is 17.7 Å². The highest BCUT2D eigenvalue weighted by Crippen LogP contribution is 2.37. The quantitative estimate of drug-likeness (QED) is 0.319. The van der Waals surface area contributed by atoms with Crippen molar-refractivity contribution < 1.29 is 38.8 Å². The number of likely N-dealkylation sites (N-methyl/N-ethyl adjacent to an activating group) is 1. The lowest BCUT2D eigenvalue weighted by atomic mass is 9.77. The van der Waals surface area contributed by atoms with Gasteiger partial charge in [-0.15, -0.1) is 0 Å². The molecule has 0 aromatic heterocycles. The van der Waals surface area contributed by atoms with E-state index in [1.807, 2.05) is 41.8 Å². The summed E-state index contributed by atoms with van der Waals surface area (Å²) in [7, 11) is 5.75. The Morgan fingerprint density at radius 3 is 2.54 bits per heavy atom. The van der Waals surface area contributed by atoms with E-state index in [9.17, 15) is 24.6 Å². The maximum atomic E-state index is 13.8. The predicted octanol–water partition coefficient (Wildman–Crippen LogP) is 2.00. The Hall–Kier alpha value is -1.83. The minimum Gasteiger partial charge on any atom is -0.392 e. The molecule has 5 unspecified atom stereocenters. The Balaban J connectivity index is 1.92. The van der Waals surface area contributed by atoms with E-state index in [1.165, 1.54) is 0 Å². The fourth-order valence-electron chi connectivity index (χ4n) is 7.64. The molecule has 0 spiro atoms. The van der Waals surface area contributed by atoms with Gasteiger partial charge in [0.1, 0.15) is 6.10 Å². The molecule has 46 heavy (non-hydrogen) atoms. The maximum absolute atomic E-state index is 13.8. The molecule has 3 saturated heterocycles. The largest absolute Gasteiger partial charge is 0.392 e. The molecule has 0 aromatic rings. The molecule has 11 atom stereocenters. The molecule has 0 saturated carbocycles. The molecule has 0 aliphatic carbocycles. The van der Waals surface area contributed by atoms with E-state index in [2.05, 4.69) is 10.2 Å². The van der Waals surface area contributed by atoms with Gasteiger partial charge in [0.15, 0.2) is 6.29 Å². The van der Waals surface area contributed by atoms with Crippen molar-refractivity contribution in [2.75, 3.05) is 47.4 Å². The van der Waals surface area contributed by atoms with Crippen LogP contribution in [0.2, 0.25) is 0 Å². The number of rotatable bonds is 9. The van der Waals surface area contributed by atoms with Crippen molar-refractivity contribution in [3.63, 3.8) is 0 Å². The molecule has 0 radical (unpaired) electrons. The second kappa shape index (κ2) is 17.0. The smallest absolute Gasteiger partial charge is 0.228 e. The summed E-state index contributed by atoms with van der Waals surface area (Å²) in [5, 5.41) is 26.8. The summed E-state index contributed by atoms with van der Waals surface area (Å²) in [6.45, 7) is 12.9. The highest BCUT2D eigenvalue weighted by atomic mass is 16.7. The number of fused-ring (bicyclic) bond motifs is 1. The van der Waals surface area contributed by atoms with Gasteiger partial charge in [-0.2, -0.15) is 0 Å². The number of aliphatic hydroxyl groups excluding tert-OH is 1. The van der Waals surface area contributed by atoms with Crippen molar-refractivity contribution in [1.29, 1.82) is 0 Å². The molecule has 3 heterocycles. The van der Waals surface area contributed by atoms with Gasteiger partial charge in [0, 0.05) is 64.1 Å². The molecule has 3 amide bonds. The SMILES string of the molecule is CCC(=O)NCCCO[C@H]1C(O[C@@H]2[C@@H](C)[C@H](O)C(C)C(=O)N3CCCC3CC(=O)N(C)C[C@H](C)CC2(C)O)O[C@H](C)CC1N(C)C. The number of amides is 3. The molecule has 3 fully saturated rings. The summed E-state index contributed by atoms with van der Waals surface area (Å²) in [4.78, 5) is 44.2. The van der Waals surface area contributed by atoms with E-state index in [-0.39, 0.29) is 48.2 Å². The van der Waals surface area contributed by atoms with Crippen LogP contribution in [0.15, 0.2) is 0 Å². The highest BCUT2D eigenvalue weighted by molar-refractivity contribution is 5.82. The minimum atomic E-state index is -1.45. The van der Waals surface area contributed by atoms with Crippen LogP contribution in [0.5, 0.6) is 0 Å². The van der Waals surface area contributed by atoms with Crippen LogP contribution < -0.4 is 5.32 Å². The number of carbonyl (C=O) groups excluding carboxylic acids is 3. The number of aliphatic hydroxyl groups is 2. The van der Waals surface area contributed by atoms with Crippen LogP contribution in [0.4, 0.5) is 0 Å². The zero-order valence-electron chi connectivity index (χ0n) is 29.7. The summed E-state index contributed by atoms with van der Waals surface area (Å²) >= 11 is 0. The van der Waals surface area contributed by atoms with Crippen molar-refractivity contribution >= 4 is 17.7 Å². The molecule has 12 heteroatoms. The average Bonchev–Trinajstić information content (AvgIpc) is 3.45. The Morgan fingerprint density at radius 1 is 1.20 bits per heavy atom. The van der Waals surface area contributed by atoms with Crippen LogP contribution in [0.1, 0.15) is 86.5 Å². The summed E-state index contributed by atoms with van der Waals surface area (Å²) in [5.74, 6) is -1.72. The molecule has 0 aromatic carbocycles. The van der Waals surface area contributed by atoms with Crippen LogP contribution in [-0.4, -0.2) is 138 Å². The molecular weight excluding hydrogens is 592 g/mol. The third kappa shape index (κ3) is 9.85. The first-order valence-corrected chi connectivity index (χ1v) is 17.4. The second-order valence-electron chi connectivity index (χ2n) is 14.6. The second-order valence-corrected chi connectivity index (χ2v) is 14.6. The zero-order valence-corrected chi connectivity index (χ0v) is 29.7. The van der Waals surface area contributed by atoms with Crippen LogP contribution in [-0.2, 0) is 28.6 Å². The average molecular weight is 655 g/mol. The maximum Gasteiger partial charge on any atom is 0.228 e. The standard InChI is InChI=1S/C34H62N4O8/c1-10-27(39)35-14-12-16-44-30-26(36(7)8)17-22(3)45-33(30)46-31-23(4)29(41)24(5)32(42)38-15-11-13-25(38)18-28(40)37(9)20-21(2)19-34(31,6)43/h21-26,29-31,33,41,43H,10-20H2,1-9H3,(H,35,39)/t21-,22-,23+,24?,25?,26?,29+,30-,31-,33?,34?/m1/s1. The Morgan fingerprint density at radius 2 is 1.89 bits per heavy atom. The van der Waals surface area contributed by atoms with E-state index < -0.39 is 42.0 Å². The van der Waals surface area contributed by atoms with Gasteiger partial charge < -0.3 is 44.4 Å². The lowest BCUT2D eigenvalue weighted by molar-refractivity contribution is -0.306. The molecule has 3 aliphatic heterocycles. The van der Waals surface area contributed by atoms with Crippen molar-refractivity contribution in [1.82, 2.24) is 20.0 Å². The Kier molecular flexibility index (Phi) is 14.3. The summed E-state index contributed by atoms with van der Waals surface area (Å²) in [6, 6.07) is -0.233. The van der Waals surface area contributed by atoms with E-state index in [4.69, 9.17) is 14.2 Å². The Labute approximate surface area is 276 Å². The van der Waals surface area contributed by atoms with Crippen LogP contribution in [0.3, 0.4) is 0 Å². The number of hydrogen-bond donors (Lipinski definition) is 3. The number of nitrogens with zero attached hydrogens (tertiary/aromatic N) is 3. The highest BCUT2D eigenvalue weighted by Gasteiger charge is 2.49. The summed E-state index contributed by atoms with van der Waals surface area (Å²) in [5.41, 5.74) is -1.45. The van der Waals surface area contributed by atoms with Gasteiger partial charge in [-0.3, -0.25) is 14.4 Å². The minimum absolute atomic E-state index is 0.0106. The van der Waals surface area contributed by atoms with Crippen LogP contribution in [0, 0.1) is 17.8 Å². The third-order valence-corrected chi connectivity index (χ3v) is 10.2. The number of nitrogens with one attached hydrogen (secondary N) is 1. The fourth-order valence-corrected chi connectivity index (χ4v) is 7.64. The van der Waals surface area contributed by atoms with Gasteiger partial charge in [-0.1, -0.05) is 27.7 Å². The van der Waals surface area contributed by atoms with Gasteiger partial charge in [-0.05, 0) is 66.0 Å². The van der Waals surface area contributed by atoms with Gasteiger partial charge in [-0.25, -0.2) is 0 Å². The van der Waals surface area contributed by atoms with Crippen LogP contribution >= 0.6 is 0 Å². The Bertz CT molecular complexity index is 1010.